The number of benzene rings is 1. The Morgan fingerprint density at radius 2 is 2.00 bits per heavy atom. The van der Waals surface area contributed by atoms with Gasteiger partial charge in [0.25, 0.3) is 0 Å². The van der Waals surface area contributed by atoms with Gasteiger partial charge in [-0.25, -0.2) is 0 Å². The molecule has 1 fully saturated rings. The van der Waals surface area contributed by atoms with Crippen LogP contribution in [0.1, 0.15) is 31.2 Å². The Kier molecular flexibility index (Phi) is 3.12. The van der Waals surface area contributed by atoms with Crippen LogP contribution in [0.3, 0.4) is 0 Å². The number of halogens is 1. The molecule has 0 atom stereocenters. The molecule has 1 aromatic rings. The lowest BCUT2D eigenvalue weighted by molar-refractivity contribution is 0.546. The second-order valence-electron chi connectivity index (χ2n) is 4.21. The molecule has 1 aliphatic rings. The Labute approximate surface area is 93.8 Å². The molecule has 0 spiro atoms. The first kappa shape index (κ1) is 10.0. The van der Waals surface area contributed by atoms with Crippen molar-refractivity contribution in [1.29, 1.82) is 0 Å². The Hall–Kier alpha value is -0.500. The SMILES string of the molecule is Nc1ccc(CC2CCCC2)cc1Br. The van der Waals surface area contributed by atoms with E-state index in [1.54, 1.807) is 0 Å². The van der Waals surface area contributed by atoms with Gasteiger partial charge in [-0.05, 0) is 46.0 Å². The van der Waals surface area contributed by atoms with Crippen molar-refractivity contribution >= 4 is 21.6 Å². The summed E-state index contributed by atoms with van der Waals surface area (Å²) in [5, 5.41) is 0. The van der Waals surface area contributed by atoms with Gasteiger partial charge in [0.1, 0.15) is 0 Å². The first-order chi connectivity index (χ1) is 6.75. The van der Waals surface area contributed by atoms with E-state index < -0.39 is 0 Å². The van der Waals surface area contributed by atoms with Gasteiger partial charge in [-0.1, -0.05) is 31.7 Å². The second kappa shape index (κ2) is 4.35. The molecule has 1 nitrogen and oxygen atoms in total. The van der Waals surface area contributed by atoms with Gasteiger partial charge in [-0.2, -0.15) is 0 Å². The molecule has 2 heteroatoms. The summed E-state index contributed by atoms with van der Waals surface area (Å²) in [5.74, 6) is 0.908. The predicted octanol–water partition coefficient (Wildman–Crippen LogP) is 3.76. The highest BCUT2D eigenvalue weighted by Gasteiger charge is 2.15. The summed E-state index contributed by atoms with van der Waals surface area (Å²) in [6, 6.07) is 6.31. The smallest absolute Gasteiger partial charge is 0.0458 e. The van der Waals surface area contributed by atoms with Crippen LogP contribution in [0.15, 0.2) is 22.7 Å². The number of nitrogens with two attached hydrogens (primary N) is 1. The Morgan fingerprint density at radius 1 is 1.29 bits per heavy atom. The summed E-state index contributed by atoms with van der Waals surface area (Å²) in [6.07, 6.45) is 6.87. The molecule has 76 valence electrons. The average molecular weight is 254 g/mol. The molecule has 0 radical (unpaired) electrons. The Bertz CT molecular complexity index is 316. The number of nitrogen functional groups attached to an aromatic ring is 1. The van der Waals surface area contributed by atoms with E-state index in [1.165, 1.54) is 37.7 Å². The lowest BCUT2D eigenvalue weighted by Gasteiger charge is -2.09. The number of hydrogen-bond acceptors (Lipinski definition) is 1. The molecule has 1 aliphatic carbocycles. The van der Waals surface area contributed by atoms with E-state index in [-0.39, 0.29) is 0 Å². The highest BCUT2D eigenvalue weighted by molar-refractivity contribution is 9.10. The van der Waals surface area contributed by atoms with Crippen molar-refractivity contribution in [3.8, 4) is 0 Å². The van der Waals surface area contributed by atoms with Crippen molar-refractivity contribution in [3.63, 3.8) is 0 Å². The maximum atomic E-state index is 5.75. The van der Waals surface area contributed by atoms with E-state index in [4.69, 9.17) is 5.73 Å². The molecule has 14 heavy (non-hydrogen) atoms. The number of hydrogen-bond donors (Lipinski definition) is 1. The minimum Gasteiger partial charge on any atom is -0.398 e. The third-order valence-electron chi connectivity index (χ3n) is 3.06. The quantitative estimate of drug-likeness (QED) is 0.799. The van der Waals surface area contributed by atoms with Crippen LogP contribution < -0.4 is 5.73 Å². The first-order valence-electron chi connectivity index (χ1n) is 5.29. The van der Waals surface area contributed by atoms with Gasteiger partial charge in [0.2, 0.25) is 0 Å². The van der Waals surface area contributed by atoms with Gasteiger partial charge in [0, 0.05) is 10.2 Å². The van der Waals surface area contributed by atoms with E-state index in [0.717, 1.165) is 16.1 Å². The van der Waals surface area contributed by atoms with Gasteiger partial charge in [-0.3, -0.25) is 0 Å². The summed E-state index contributed by atoms with van der Waals surface area (Å²) >= 11 is 3.47. The maximum absolute atomic E-state index is 5.75. The summed E-state index contributed by atoms with van der Waals surface area (Å²) in [6.45, 7) is 0. The van der Waals surface area contributed by atoms with Crippen molar-refractivity contribution in [2.45, 2.75) is 32.1 Å². The van der Waals surface area contributed by atoms with Crippen molar-refractivity contribution in [2.24, 2.45) is 5.92 Å². The summed E-state index contributed by atoms with van der Waals surface area (Å²) in [4.78, 5) is 0. The molecule has 0 amide bonds. The molecular weight excluding hydrogens is 238 g/mol. The molecule has 1 saturated carbocycles. The monoisotopic (exact) mass is 253 g/mol. The summed E-state index contributed by atoms with van der Waals surface area (Å²) in [7, 11) is 0. The van der Waals surface area contributed by atoms with E-state index in [0.29, 0.717) is 0 Å². The van der Waals surface area contributed by atoms with E-state index in [1.807, 2.05) is 6.07 Å². The lowest BCUT2D eigenvalue weighted by Crippen LogP contribution is -1.99. The molecule has 0 unspecified atom stereocenters. The Morgan fingerprint density at radius 3 is 2.64 bits per heavy atom. The lowest BCUT2D eigenvalue weighted by atomic mass is 9.98. The Balaban J connectivity index is 2.05. The van der Waals surface area contributed by atoms with Gasteiger partial charge in [0.05, 0.1) is 0 Å². The van der Waals surface area contributed by atoms with Crippen LogP contribution in [0, 0.1) is 5.92 Å². The molecular formula is C12H16BrN. The molecule has 2 rings (SSSR count). The number of rotatable bonds is 2. The van der Waals surface area contributed by atoms with Crippen LogP contribution in [0.4, 0.5) is 5.69 Å². The first-order valence-corrected chi connectivity index (χ1v) is 6.09. The molecule has 0 saturated heterocycles. The van der Waals surface area contributed by atoms with Gasteiger partial charge < -0.3 is 5.73 Å². The molecule has 2 N–H and O–H groups in total. The number of anilines is 1. The van der Waals surface area contributed by atoms with Gasteiger partial charge in [-0.15, -0.1) is 0 Å². The van der Waals surface area contributed by atoms with Crippen LogP contribution in [0.2, 0.25) is 0 Å². The third kappa shape index (κ3) is 2.30. The maximum Gasteiger partial charge on any atom is 0.0458 e. The van der Waals surface area contributed by atoms with Gasteiger partial charge >= 0.3 is 0 Å². The highest BCUT2D eigenvalue weighted by Crippen LogP contribution is 2.29. The van der Waals surface area contributed by atoms with Crippen molar-refractivity contribution < 1.29 is 0 Å². The predicted molar refractivity (Wildman–Crippen MR) is 64.2 cm³/mol. The molecule has 0 aliphatic heterocycles. The fraction of sp³-hybridized carbons (Fsp3) is 0.500. The van der Waals surface area contributed by atoms with Crippen molar-refractivity contribution in [1.82, 2.24) is 0 Å². The third-order valence-corrected chi connectivity index (χ3v) is 3.75. The molecule has 0 aromatic heterocycles. The zero-order chi connectivity index (χ0) is 9.97. The van der Waals surface area contributed by atoms with E-state index >= 15 is 0 Å². The fourth-order valence-electron chi connectivity index (χ4n) is 2.25. The van der Waals surface area contributed by atoms with Crippen LogP contribution in [-0.4, -0.2) is 0 Å². The van der Waals surface area contributed by atoms with Gasteiger partial charge in [0.15, 0.2) is 0 Å². The zero-order valence-corrected chi connectivity index (χ0v) is 9.89. The minimum atomic E-state index is 0.833. The standard InChI is InChI=1S/C12H16BrN/c13-11-8-10(5-6-12(11)14)7-9-3-1-2-4-9/h5-6,8-9H,1-4,7,14H2. The topological polar surface area (TPSA) is 26.0 Å². The second-order valence-corrected chi connectivity index (χ2v) is 5.06. The molecule has 0 heterocycles. The minimum absolute atomic E-state index is 0.833. The van der Waals surface area contributed by atoms with Crippen LogP contribution in [0.25, 0.3) is 0 Å². The van der Waals surface area contributed by atoms with Crippen LogP contribution in [-0.2, 0) is 6.42 Å². The van der Waals surface area contributed by atoms with E-state index in [9.17, 15) is 0 Å². The fourth-order valence-corrected chi connectivity index (χ4v) is 2.67. The van der Waals surface area contributed by atoms with Crippen molar-refractivity contribution in [2.75, 3.05) is 5.73 Å². The van der Waals surface area contributed by atoms with E-state index in [2.05, 4.69) is 28.1 Å². The molecule has 0 bridgehead atoms. The van der Waals surface area contributed by atoms with Crippen LogP contribution in [0.5, 0.6) is 0 Å². The van der Waals surface area contributed by atoms with Crippen LogP contribution >= 0.6 is 15.9 Å². The normalized spacial score (nSPS) is 17.5. The zero-order valence-electron chi connectivity index (χ0n) is 8.30. The average Bonchev–Trinajstić information content (AvgIpc) is 2.64. The molecule has 1 aromatic carbocycles. The largest absolute Gasteiger partial charge is 0.398 e. The highest BCUT2D eigenvalue weighted by atomic mass is 79.9. The summed E-state index contributed by atoms with van der Waals surface area (Å²) < 4.78 is 1.04. The summed E-state index contributed by atoms with van der Waals surface area (Å²) in [5.41, 5.74) is 8.00. The van der Waals surface area contributed by atoms with Crippen molar-refractivity contribution in [3.05, 3.63) is 28.2 Å².